The van der Waals surface area contributed by atoms with Crippen molar-refractivity contribution in [3.05, 3.63) is 0 Å². The van der Waals surface area contributed by atoms with Crippen LogP contribution in [-0.4, -0.2) is 5.54 Å². The summed E-state index contributed by atoms with van der Waals surface area (Å²) in [6.45, 7) is 2.29. The van der Waals surface area contributed by atoms with E-state index < -0.39 is 0 Å². The first kappa shape index (κ1) is 16.0. The van der Waals surface area contributed by atoms with Crippen LogP contribution in [0, 0.1) is 0 Å². The zero-order chi connectivity index (χ0) is 13.1. The molecule has 0 unspecified atom stereocenters. The zero-order valence-electron chi connectivity index (χ0n) is 12.7. The maximum atomic E-state index is 6.54. The highest BCUT2D eigenvalue weighted by Crippen LogP contribution is 2.29. The quantitative estimate of drug-likeness (QED) is 0.422. The zero-order valence-corrected chi connectivity index (χ0v) is 12.7. The number of unbranched alkanes of at least 4 members (excludes halogenated alkanes) is 7. The first-order chi connectivity index (χ1) is 8.77. The molecule has 1 heteroatoms. The second kappa shape index (κ2) is 9.83. The Morgan fingerprint density at radius 3 is 1.78 bits per heavy atom. The normalized spacial score (nSPS) is 19.7. The third kappa shape index (κ3) is 7.41. The minimum absolute atomic E-state index is 0.207. The Labute approximate surface area is 115 Å². The van der Waals surface area contributed by atoms with Crippen molar-refractivity contribution in [2.24, 2.45) is 5.73 Å². The molecule has 1 fully saturated rings. The molecule has 0 saturated heterocycles. The summed E-state index contributed by atoms with van der Waals surface area (Å²) >= 11 is 0. The molecule has 2 N–H and O–H groups in total. The maximum absolute atomic E-state index is 6.54. The van der Waals surface area contributed by atoms with Crippen molar-refractivity contribution < 1.29 is 0 Å². The van der Waals surface area contributed by atoms with Crippen LogP contribution in [0.2, 0.25) is 0 Å². The minimum Gasteiger partial charge on any atom is -0.325 e. The Morgan fingerprint density at radius 2 is 1.22 bits per heavy atom. The SMILES string of the molecule is CCCCCCCCCCC1(N)CCCCCC1. The molecule has 0 spiro atoms. The van der Waals surface area contributed by atoms with Crippen LogP contribution < -0.4 is 5.73 Å². The van der Waals surface area contributed by atoms with Crippen LogP contribution in [0.15, 0.2) is 0 Å². The van der Waals surface area contributed by atoms with Crippen LogP contribution >= 0.6 is 0 Å². The molecule has 0 atom stereocenters. The van der Waals surface area contributed by atoms with Gasteiger partial charge in [0.1, 0.15) is 0 Å². The van der Waals surface area contributed by atoms with Gasteiger partial charge in [0.05, 0.1) is 0 Å². The summed E-state index contributed by atoms with van der Waals surface area (Å²) in [7, 11) is 0. The highest BCUT2D eigenvalue weighted by atomic mass is 14.7. The van der Waals surface area contributed by atoms with Crippen molar-refractivity contribution in [3.8, 4) is 0 Å². The van der Waals surface area contributed by atoms with Gasteiger partial charge < -0.3 is 5.73 Å². The van der Waals surface area contributed by atoms with E-state index in [0.717, 1.165) is 0 Å². The molecular weight excluding hydrogens is 218 g/mol. The van der Waals surface area contributed by atoms with Crippen LogP contribution in [0.1, 0.15) is 103 Å². The van der Waals surface area contributed by atoms with E-state index in [9.17, 15) is 0 Å². The van der Waals surface area contributed by atoms with Crippen molar-refractivity contribution in [1.29, 1.82) is 0 Å². The van der Waals surface area contributed by atoms with Crippen molar-refractivity contribution in [2.45, 2.75) is 109 Å². The Bertz CT molecular complexity index is 180. The smallest absolute Gasteiger partial charge is 0.0154 e. The van der Waals surface area contributed by atoms with E-state index in [1.165, 1.54) is 96.3 Å². The van der Waals surface area contributed by atoms with Crippen molar-refractivity contribution in [2.75, 3.05) is 0 Å². The van der Waals surface area contributed by atoms with Gasteiger partial charge in [-0.1, -0.05) is 84.0 Å². The second-order valence-corrected chi connectivity index (χ2v) is 6.50. The lowest BCUT2D eigenvalue weighted by atomic mass is 9.86. The van der Waals surface area contributed by atoms with E-state index in [4.69, 9.17) is 5.73 Å². The van der Waals surface area contributed by atoms with Gasteiger partial charge in [0.25, 0.3) is 0 Å². The van der Waals surface area contributed by atoms with Gasteiger partial charge in [-0.25, -0.2) is 0 Å². The molecule has 1 aliphatic rings. The van der Waals surface area contributed by atoms with Gasteiger partial charge >= 0.3 is 0 Å². The van der Waals surface area contributed by atoms with E-state index in [1.54, 1.807) is 0 Å². The summed E-state index contributed by atoms with van der Waals surface area (Å²) < 4.78 is 0. The largest absolute Gasteiger partial charge is 0.325 e. The molecule has 0 aliphatic heterocycles. The van der Waals surface area contributed by atoms with Crippen LogP contribution in [0.3, 0.4) is 0 Å². The summed E-state index contributed by atoms with van der Waals surface area (Å²) in [6, 6.07) is 0. The van der Waals surface area contributed by atoms with Crippen LogP contribution in [0.4, 0.5) is 0 Å². The maximum Gasteiger partial charge on any atom is 0.0154 e. The molecule has 0 aromatic carbocycles. The molecule has 0 amide bonds. The molecule has 0 radical (unpaired) electrons. The average Bonchev–Trinajstić information content (AvgIpc) is 2.58. The fourth-order valence-electron chi connectivity index (χ4n) is 3.29. The molecule has 0 bridgehead atoms. The van der Waals surface area contributed by atoms with Gasteiger partial charge in [-0.05, 0) is 19.3 Å². The number of hydrogen-bond donors (Lipinski definition) is 1. The molecule has 0 heterocycles. The Hall–Kier alpha value is -0.0400. The number of nitrogens with two attached hydrogens (primary N) is 1. The Morgan fingerprint density at radius 1 is 0.722 bits per heavy atom. The van der Waals surface area contributed by atoms with Gasteiger partial charge in [-0.2, -0.15) is 0 Å². The predicted octanol–water partition coefficient (Wildman–Crippen LogP) is 5.57. The lowest BCUT2D eigenvalue weighted by molar-refractivity contribution is 0.331. The summed E-state index contributed by atoms with van der Waals surface area (Å²) in [6.07, 6.45) is 20.7. The van der Waals surface area contributed by atoms with Gasteiger partial charge in [0.2, 0.25) is 0 Å². The highest BCUT2D eigenvalue weighted by Gasteiger charge is 2.25. The lowest BCUT2D eigenvalue weighted by Crippen LogP contribution is -2.38. The summed E-state index contributed by atoms with van der Waals surface area (Å²) in [5.74, 6) is 0. The van der Waals surface area contributed by atoms with E-state index in [0.29, 0.717) is 0 Å². The first-order valence-corrected chi connectivity index (χ1v) is 8.56. The van der Waals surface area contributed by atoms with E-state index in [-0.39, 0.29) is 5.54 Å². The summed E-state index contributed by atoms with van der Waals surface area (Å²) in [5.41, 5.74) is 6.75. The Kier molecular flexibility index (Phi) is 8.75. The molecule has 1 rings (SSSR count). The van der Waals surface area contributed by atoms with E-state index in [1.807, 2.05) is 0 Å². The van der Waals surface area contributed by atoms with Crippen molar-refractivity contribution >= 4 is 0 Å². The van der Waals surface area contributed by atoms with E-state index in [2.05, 4.69) is 6.92 Å². The van der Waals surface area contributed by atoms with Gasteiger partial charge in [-0.15, -0.1) is 0 Å². The fraction of sp³-hybridized carbons (Fsp3) is 1.00. The lowest BCUT2D eigenvalue weighted by Gasteiger charge is -2.28. The molecule has 1 nitrogen and oxygen atoms in total. The first-order valence-electron chi connectivity index (χ1n) is 8.56. The van der Waals surface area contributed by atoms with Crippen LogP contribution in [0.25, 0.3) is 0 Å². The molecule has 108 valence electrons. The molecule has 18 heavy (non-hydrogen) atoms. The second-order valence-electron chi connectivity index (χ2n) is 6.50. The van der Waals surface area contributed by atoms with Crippen LogP contribution in [0.5, 0.6) is 0 Å². The third-order valence-corrected chi connectivity index (χ3v) is 4.63. The summed E-state index contributed by atoms with van der Waals surface area (Å²) in [4.78, 5) is 0. The number of rotatable bonds is 9. The van der Waals surface area contributed by atoms with Crippen molar-refractivity contribution in [3.63, 3.8) is 0 Å². The van der Waals surface area contributed by atoms with Gasteiger partial charge in [0.15, 0.2) is 0 Å². The number of hydrogen-bond acceptors (Lipinski definition) is 1. The fourth-order valence-corrected chi connectivity index (χ4v) is 3.29. The summed E-state index contributed by atoms with van der Waals surface area (Å²) in [5, 5.41) is 0. The Balaban J connectivity index is 1.95. The molecule has 0 aromatic heterocycles. The third-order valence-electron chi connectivity index (χ3n) is 4.63. The molecule has 1 aliphatic carbocycles. The van der Waals surface area contributed by atoms with Gasteiger partial charge in [-0.3, -0.25) is 0 Å². The monoisotopic (exact) mass is 253 g/mol. The molecule has 0 aromatic rings. The van der Waals surface area contributed by atoms with E-state index >= 15 is 0 Å². The highest BCUT2D eigenvalue weighted by molar-refractivity contribution is 4.85. The van der Waals surface area contributed by atoms with Gasteiger partial charge in [0, 0.05) is 5.54 Å². The van der Waals surface area contributed by atoms with Crippen LogP contribution in [-0.2, 0) is 0 Å². The van der Waals surface area contributed by atoms with Crippen molar-refractivity contribution in [1.82, 2.24) is 0 Å². The standard InChI is InChI=1S/C17H35N/c1-2-3-4-5-6-7-8-11-14-17(18)15-12-9-10-13-16-17/h2-16,18H2,1H3. The molecular formula is C17H35N. The molecule has 1 saturated carbocycles. The topological polar surface area (TPSA) is 26.0 Å². The predicted molar refractivity (Wildman–Crippen MR) is 81.8 cm³/mol. The average molecular weight is 253 g/mol. The minimum atomic E-state index is 0.207.